The van der Waals surface area contributed by atoms with Crippen LogP contribution in [0.1, 0.15) is 12.1 Å². The first kappa shape index (κ1) is 9.24. The minimum atomic E-state index is -0.920. The molecular formula is C7H9N3O3. The molecule has 1 rings (SSSR count). The molecule has 0 saturated heterocycles. The Morgan fingerprint density at radius 1 is 1.69 bits per heavy atom. The van der Waals surface area contributed by atoms with Crippen LogP contribution < -0.4 is 11.4 Å². The summed E-state index contributed by atoms with van der Waals surface area (Å²) in [5, 5.41) is 8.37. The Labute approximate surface area is 73.4 Å². The van der Waals surface area contributed by atoms with Gasteiger partial charge in [0.05, 0.1) is 6.42 Å². The number of carboxylic acid groups (broad SMARTS) is 1. The summed E-state index contributed by atoms with van der Waals surface area (Å²) in [5.74, 6) is -0.819. The molecule has 0 unspecified atom stereocenters. The van der Waals surface area contributed by atoms with E-state index in [-0.39, 0.29) is 18.7 Å². The number of rotatable bonds is 3. The summed E-state index contributed by atoms with van der Waals surface area (Å²) in [6.07, 6.45) is 0.205. The van der Waals surface area contributed by atoms with Gasteiger partial charge in [0.2, 0.25) is 0 Å². The first-order valence-electron chi connectivity index (χ1n) is 3.65. The van der Waals surface area contributed by atoms with E-state index >= 15 is 0 Å². The van der Waals surface area contributed by atoms with Crippen molar-refractivity contribution in [3.8, 4) is 0 Å². The van der Waals surface area contributed by atoms with Gasteiger partial charge in [-0.25, -0.2) is 4.79 Å². The molecular weight excluding hydrogens is 174 g/mol. The molecule has 1 aromatic rings. The zero-order valence-electron chi connectivity index (χ0n) is 6.78. The molecule has 4 N–H and O–H groups in total. The van der Waals surface area contributed by atoms with Crippen LogP contribution in [0.2, 0.25) is 0 Å². The molecule has 1 heterocycles. The average Bonchev–Trinajstić information content (AvgIpc) is 1.99. The van der Waals surface area contributed by atoms with Crippen molar-refractivity contribution in [3.63, 3.8) is 0 Å². The lowest BCUT2D eigenvalue weighted by Crippen LogP contribution is -2.15. The Morgan fingerprint density at radius 2 is 2.38 bits per heavy atom. The van der Waals surface area contributed by atoms with Gasteiger partial charge in [-0.05, 0) is 12.5 Å². The van der Waals surface area contributed by atoms with Crippen molar-refractivity contribution >= 4 is 11.8 Å². The van der Waals surface area contributed by atoms with Gasteiger partial charge in [-0.15, -0.1) is 0 Å². The van der Waals surface area contributed by atoms with E-state index in [1.54, 1.807) is 0 Å². The smallest absolute Gasteiger partial charge is 0.347 e. The van der Waals surface area contributed by atoms with Gasteiger partial charge in [0, 0.05) is 5.69 Å². The Hall–Kier alpha value is -1.85. The molecule has 0 aliphatic rings. The van der Waals surface area contributed by atoms with Gasteiger partial charge in [0.1, 0.15) is 5.82 Å². The minimum Gasteiger partial charge on any atom is -0.481 e. The Bertz CT molecular complexity index is 371. The zero-order chi connectivity index (χ0) is 9.84. The summed E-state index contributed by atoms with van der Waals surface area (Å²) in [5.41, 5.74) is 5.22. The number of carbonyl (C=O) groups is 1. The lowest BCUT2D eigenvalue weighted by molar-refractivity contribution is -0.136. The number of nitrogens with two attached hydrogens (primary N) is 1. The molecule has 0 aliphatic heterocycles. The van der Waals surface area contributed by atoms with E-state index in [1.807, 2.05) is 0 Å². The molecule has 6 heteroatoms. The van der Waals surface area contributed by atoms with Crippen LogP contribution in [-0.4, -0.2) is 21.0 Å². The van der Waals surface area contributed by atoms with Crippen LogP contribution in [-0.2, 0) is 11.2 Å². The molecule has 0 bridgehead atoms. The Balaban J connectivity index is 2.77. The fourth-order valence-electron chi connectivity index (χ4n) is 0.906. The molecule has 6 nitrogen and oxygen atoms in total. The Kier molecular flexibility index (Phi) is 2.63. The number of H-pyrrole nitrogens is 1. The van der Waals surface area contributed by atoms with Crippen LogP contribution in [0.4, 0.5) is 5.82 Å². The maximum Gasteiger partial charge on any atom is 0.347 e. The SMILES string of the molecule is Nc1cc(CCC(=O)O)[nH]c(=O)n1. The predicted octanol–water partition coefficient (Wildman–Crippen LogP) is -0.631. The quantitative estimate of drug-likeness (QED) is 0.578. The van der Waals surface area contributed by atoms with Gasteiger partial charge in [0.15, 0.2) is 0 Å². The summed E-state index contributed by atoms with van der Waals surface area (Å²) in [6, 6.07) is 1.45. The molecule has 0 saturated carbocycles. The molecule has 0 aliphatic carbocycles. The molecule has 13 heavy (non-hydrogen) atoms. The van der Waals surface area contributed by atoms with Crippen molar-refractivity contribution in [2.45, 2.75) is 12.8 Å². The topological polar surface area (TPSA) is 109 Å². The summed E-state index contributed by atoms with van der Waals surface area (Å²) in [7, 11) is 0. The lowest BCUT2D eigenvalue weighted by Gasteiger charge is -1.98. The molecule has 1 aromatic heterocycles. The van der Waals surface area contributed by atoms with Crippen LogP contribution in [0.3, 0.4) is 0 Å². The first-order chi connectivity index (χ1) is 6.08. The predicted molar refractivity (Wildman–Crippen MR) is 45.2 cm³/mol. The third-order valence-electron chi connectivity index (χ3n) is 1.43. The van der Waals surface area contributed by atoms with Gasteiger partial charge in [0.25, 0.3) is 0 Å². The van der Waals surface area contributed by atoms with Gasteiger partial charge in [-0.1, -0.05) is 0 Å². The van der Waals surface area contributed by atoms with Crippen molar-refractivity contribution in [1.82, 2.24) is 9.97 Å². The van der Waals surface area contributed by atoms with Gasteiger partial charge >= 0.3 is 11.7 Å². The maximum absolute atomic E-state index is 10.8. The van der Waals surface area contributed by atoms with E-state index in [2.05, 4.69) is 9.97 Å². The van der Waals surface area contributed by atoms with Crippen molar-refractivity contribution in [3.05, 3.63) is 22.2 Å². The first-order valence-corrected chi connectivity index (χ1v) is 3.65. The van der Waals surface area contributed by atoms with Crippen LogP contribution in [0.15, 0.2) is 10.9 Å². The number of aliphatic carboxylic acids is 1. The monoisotopic (exact) mass is 183 g/mol. The van der Waals surface area contributed by atoms with Crippen molar-refractivity contribution in [1.29, 1.82) is 0 Å². The number of hydrogen-bond donors (Lipinski definition) is 3. The standard InChI is InChI=1S/C7H9N3O3/c8-5-3-4(1-2-6(11)12)9-7(13)10-5/h3H,1-2H2,(H,11,12)(H3,8,9,10,13). The van der Waals surface area contributed by atoms with Gasteiger partial charge < -0.3 is 15.8 Å². The van der Waals surface area contributed by atoms with E-state index in [4.69, 9.17) is 10.8 Å². The number of aromatic nitrogens is 2. The molecule has 0 atom stereocenters. The highest BCUT2D eigenvalue weighted by molar-refractivity contribution is 5.67. The number of nitrogens with one attached hydrogen (secondary N) is 1. The summed E-state index contributed by atoms with van der Waals surface area (Å²) >= 11 is 0. The zero-order valence-corrected chi connectivity index (χ0v) is 6.78. The highest BCUT2D eigenvalue weighted by Gasteiger charge is 2.01. The second kappa shape index (κ2) is 3.70. The van der Waals surface area contributed by atoms with Crippen LogP contribution >= 0.6 is 0 Å². The summed E-state index contributed by atoms with van der Waals surface area (Å²) < 4.78 is 0. The number of anilines is 1. The molecule has 0 aromatic carbocycles. The van der Waals surface area contributed by atoms with E-state index in [0.717, 1.165) is 0 Å². The van der Waals surface area contributed by atoms with Gasteiger partial charge in [-0.3, -0.25) is 4.79 Å². The van der Waals surface area contributed by atoms with Crippen molar-refractivity contribution < 1.29 is 9.90 Å². The van der Waals surface area contributed by atoms with Crippen LogP contribution in [0.25, 0.3) is 0 Å². The average molecular weight is 183 g/mol. The van der Waals surface area contributed by atoms with Gasteiger partial charge in [-0.2, -0.15) is 4.98 Å². The van der Waals surface area contributed by atoms with E-state index in [9.17, 15) is 9.59 Å². The number of nitrogens with zero attached hydrogens (tertiary/aromatic N) is 1. The molecule has 0 fully saturated rings. The molecule has 0 amide bonds. The second-order valence-corrected chi connectivity index (χ2v) is 2.53. The largest absolute Gasteiger partial charge is 0.481 e. The molecule has 0 radical (unpaired) electrons. The third kappa shape index (κ3) is 2.94. The molecule has 0 spiro atoms. The summed E-state index contributed by atoms with van der Waals surface area (Å²) in [6.45, 7) is 0. The summed E-state index contributed by atoms with van der Waals surface area (Å²) in [4.78, 5) is 26.7. The highest BCUT2D eigenvalue weighted by Crippen LogP contribution is 1.99. The minimum absolute atomic E-state index is 0.0423. The fourth-order valence-corrected chi connectivity index (χ4v) is 0.906. The molecule has 70 valence electrons. The second-order valence-electron chi connectivity index (χ2n) is 2.53. The van der Waals surface area contributed by atoms with Crippen molar-refractivity contribution in [2.75, 3.05) is 5.73 Å². The fraction of sp³-hybridized carbons (Fsp3) is 0.286. The normalized spacial score (nSPS) is 9.85. The number of hydrogen-bond acceptors (Lipinski definition) is 4. The van der Waals surface area contributed by atoms with Crippen LogP contribution in [0.5, 0.6) is 0 Å². The van der Waals surface area contributed by atoms with E-state index in [0.29, 0.717) is 5.69 Å². The maximum atomic E-state index is 10.8. The number of nitrogen functional groups attached to an aromatic ring is 1. The highest BCUT2D eigenvalue weighted by atomic mass is 16.4. The number of carboxylic acids is 1. The van der Waals surface area contributed by atoms with Crippen molar-refractivity contribution in [2.24, 2.45) is 0 Å². The lowest BCUT2D eigenvalue weighted by atomic mass is 10.2. The van der Waals surface area contributed by atoms with E-state index in [1.165, 1.54) is 6.07 Å². The van der Waals surface area contributed by atoms with E-state index < -0.39 is 11.7 Å². The van der Waals surface area contributed by atoms with Crippen LogP contribution in [0, 0.1) is 0 Å². The number of aromatic amines is 1. The Morgan fingerprint density at radius 3 is 2.92 bits per heavy atom. The number of aryl methyl sites for hydroxylation is 1. The third-order valence-corrected chi connectivity index (χ3v) is 1.43.